The summed E-state index contributed by atoms with van der Waals surface area (Å²) in [5.41, 5.74) is 0. The molecule has 0 aromatic carbocycles. The van der Waals surface area contributed by atoms with Gasteiger partial charge in [-0.15, -0.1) is 0 Å². The van der Waals surface area contributed by atoms with Crippen molar-refractivity contribution in [1.29, 1.82) is 0 Å². The Morgan fingerprint density at radius 2 is 2.46 bits per heavy atom. The lowest BCUT2D eigenvalue weighted by atomic mass is 10.1. The fourth-order valence-corrected chi connectivity index (χ4v) is 1.67. The van der Waals surface area contributed by atoms with Gasteiger partial charge in [0.2, 0.25) is 0 Å². The molecule has 1 unspecified atom stereocenters. The number of piperidine rings is 1. The number of likely N-dealkylation sites (tertiary alicyclic amines) is 1. The summed E-state index contributed by atoms with van der Waals surface area (Å²) in [5, 5.41) is -0.357. The second-order valence-electron chi connectivity index (χ2n) is 3.33. The predicted octanol–water partition coefficient (Wildman–Crippen LogP) is 2.24. The number of nitrogens with zero attached hydrogens (tertiary/aromatic N) is 1. The molecule has 0 aliphatic carbocycles. The van der Waals surface area contributed by atoms with Crippen LogP contribution in [0.1, 0.15) is 26.2 Å². The van der Waals surface area contributed by atoms with Crippen molar-refractivity contribution in [1.82, 2.24) is 4.90 Å². The van der Waals surface area contributed by atoms with Gasteiger partial charge in [0.25, 0.3) is 0 Å². The molecule has 0 saturated carbocycles. The van der Waals surface area contributed by atoms with Crippen LogP contribution >= 0.6 is 11.6 Å². The molecule has 1 atom stereocenters. The molecule has 1 saturated heterocycles. The normalized spacial score (nSPS) is 23.2. The van der Waals surface area contributed by atoms with E-state index in [1.165, 1.54) is 0 Å². The van der Waals surface area contributed by atoms with Gasteiger partial charge < -0.3 is 9.64 Å². The van der Waals surface area contributed by atoms with Crippen molar-refractivity contribution in [3.05, 3.63) is 0 Å². The molecule has 1 rings (SSSR count). The number of ether oxygens (including phenoxy) is 1. The fraction of sp³-hybridized carbons (Fsp3) is 0.889. The first-order chi connectivity index (χ1) is 6.24. The quantitative estimate of drug-likeness (QED) is 0.523. The van der Waals surface area contributed by atoms with Gasteiger partial charge in [-0.1, -0.05) is 6.92 Å². The standard InChI is InChI=1S/C9H16ClNO2/c1-2-6-13-8-4-3-5-11(7-8)9(10)12/h8H,2-7H2,1H3. The highest BCUT2D eigenvalue weighted by molar-refractivity contribution is 6.62. The fourth-order valence-electron chi connectivity index (χ4n) is 1.52. The average molecular weight is 206 g/mol. The molecular formula is C9H16ClNO2. The van der Waals surface area contributed by atoms with Crippen LogP contribution in [0.15, 0.2) is 0 Å². The summed E-state index contributed by atoms with van der Waals surface area (Å²) in [5.74, 6) is 0. The maximum atomic E-state index is 10.9. The molecule has 0 aromatic rings. The van der Waals surface area contributed by atoms with Gasteiger partial charge in [0.05, 0.1) is 6.10 Å². The second kappa shape index (κ2) is 5.45. The van der Waals surface area contributed by atoms with Crippen LogP contribution in [0.2, 0.25) is 0 Å². The molecule has 13 heavy (non-hydrogen) atoms. The number of rotatable bonds is 3. The molecule has 0 radical (unpaired) electrons. The van der Waals surface area contributed by atoms with Gasteiger partial charge in [-0.25, -0.2) is 0 Å². The largest absolute Gasteiger partial charge is 0.376 e. The summed E-state index contributed by atoms with van der Waals surface area (Å²) in [6, 6.07) is 0. The van der Waals surface area contributed by atoms with Gasteiger partial charge in [0.1, 0.15) is 0 Å². The van der Waals surface area contributed by atoms with Gasteiger partial charge in [-0.05, 0) is 30.9 Å². The lowest BCUT2D eigenvalue weighted by Crippen LogP contribution is -2.41. The highest BCUT2D eigenvalue weighted by Gasteiger charge is 2.22. The Labute approximate surface area is 84.0 Å². The Morgan fingerprint density at radius 3 is 3.08 bits per heavy atom. The molecule has 76 valence electrons. The average Bonchev–Trinajstić information content (AvgIpc) is 2.15. The highest BCUT2D eigenvalue weighted by Crippen LogP contribution is 2.14. The summed E-state index contributed by atoms with van der Waals surface area (Å²) in [4.78, 5) is 12.5. The second-order valence-corrected chi connectivity index (χ2v) is 3.66. The molecule has 0 N–H and O–H groups in total. The SMILES string of the molecule is CCCOC1CCCN(C(=O)Cl)C1. The molecule has 1 aliphatic rings. The van der Waals surface area contributed by atoms with Crippen molar-refractivity contribution in [2.24, 2.45) is 0 Å². The minimum Gasteiger partial charge on any atom is -0.376 e. The van der Waals surface area contributed by atoms with Gasteiger partial charge in [-0.3, -0.25) is 4.79 Å². The van der Waals surface area contributed by atoms with E-state index in [-0.39, 0.29) is 11.5 Å². The van der Waals surface area contributed by atoms with Crippen LogP contribution in [0.5, 0.6) is 0 Å². The Hall–Kier alpha value is -0.280. The first-order valence-corrected chi connectivity index (χ1v) is 5.18. The number of hydrogen-bond donors (Lipinski definition) is 0. The minimum absolute atomic E-state index is 0.191. The highest BCUT2D eigenvalue weighted by atomic mass is 35.5. The molecule has 1 fully saturated rings. The van der Waals surface area contributed by atoms with E-state index in [0.29, 0.717) is 6.54 Å². The van der Waals surface area contributed by atoms with Crippen LogP contribution in [0.3, 0.4) is 0 Å². The molecular weight excluding hydrogens is 190 g/mol. The van der Waals surface area contributed by atoms with E-state index < -0.39 is 0 Å². The zero-order valence-corrected chi connectivity index (χ0v) is 8.72. The van der Waals surface area contributed by atoms with Crippen LogP contribution in [0.4, 0.5) is 4.79 Å². The summed E-state index contributed by atoms with van der Waals surface area (Å²) in [6.07, 6.45) is 3.25. The van der Waals surface area contributed by atoms with Gasteiger partial charge in [0, 0.05) is 19.7 Å². The topological polar surface area (TPSA) is 29.5 Å². The third kappa shape index (κ3) is 3.53. The van der Waals surface area contributed by atoms with E-state index >= 15 is 0 Å². The van der Waals surface area contributed by atoms with Crippen LogP contribution in [-0.4, -0.2) is 36.1 Å². The van der Waals surface area contributed by atoms with E-state index in [4.69, 9.17) is 16.3 Å². The van der Waals surface area contributed by atoms with E-state index in [9.17, 15) is 4.79 Å². The molecule has 1 heterocycles. The molecule has 0 spiro atoms. The van der Waals surface area contributed by atoms with Crippen molar-refractivity contribution in [3.63, 3.8) is 0 Å². The lowest BCUT2D eigenvalue weighted by Gasteiger charge is -2.30. The zero-order valence-electron chi connectivity index (χ0n) is 7.96. The van der Waals surface area contributed by atoms with E-state index in [2.05, 4.69) is 6.92 Å². The summed E-state index contributed by atoms with van der Waals surface area (Å²) in [7, 11) is 0. The van der Waals surface area contributed by atoms with Crippen molar-refractivity contribution >= 4 is 17.0 Å². The smallest absolute Gasteiger partial charge is 0.316 e. The van der Waals surface area contributed by atoms with E-state index in [0.717, 1.165) is 32.4 Å². The minimum atomic E-state index is -0.357. The number of halogens is 1. The predicted molar refractivity (Wildman–Crippen MR) is 52.1 cm³/mol. The Morgan fingerprint density at radius 1 is 1.69 bits per heavy atom. The third-order valence-corrected chi connectivity index (χ3v) is 2.42. The first kappa shape index (κ1) is 10.8. The van der Waals surface area contributed by atoms with Gasteiger partial charge in [0.15, 0.2) is 0 Å². The molecule has 3 nitrogen and oxygen atoms in total. The number of carbonyl (C=O) groups excluding carboxylic acids is 1. The molecule has 0 aromatic heterocycles. The van der Waals surface area contributed by atoms with Gasteiger partial charge >= 0.3 is 5.37 Å². The summed E-state index contributed by atoms with van der Waals surface area (Å²) < 4.78 is 5.56. The molecule has 4 heteroatoms. The van der Waals surface area contributed by atoms with Gasteiger partial charge in [-0.2, -0.15) is 0 Å². The van der Waals surface area contributed by atoms with E-state index in [1.807, 2.05) is 0 Å². The van der Waals surface area contributed by atoms with Crippen LogP contribution in [0.25, 0.3) is 0 Å². The summed E-state index contributed by atoms with van der Waals surface area (Å²) in [6.45, 7) is 4.28. The molecule has 1 amide bonds. The maximum absolute atomic E-state index is 10.9. The van der Waals surface area contributed by atoms with Crippen molar-refractivity contribution in [3.8, 4) is 0 Å². The van der Waals surface area contributed by atoms with E-state index in [1.54, 1.807) is 4.90 Å². The summed E-state index contributed by atoms with van der Waals surface area (Å²) >= 11 is 5.39. The molecule has 0 bridgehead atoms. The van der Waals surface area contributed by atoms with Crippen molar-refractivity contribution in [2.45, 2.75) is 32.3 Å². The third-order valence-electron chi connectivity index (χ3n) is 2.18. The number of hydrogen-bond acceptors (Lipinski definition) is 2. The lowest BCUT2D eigenvalue weighted by molar-refractivity contribution is 0.0127. The Balaban J connectivity index is 2.29. The van der Waals surface area contributed by atoms with Crippen LogP contribution in [0, 0.1) is 0 Å². The Kier molecular flexibility index (Phi) is 4.53. The van der Waals surface area contributed by atoms with Crippen LogP contribution < -0.4 is 0 Å². The first-order valence-electron chi connectivity index (χ1n) is 4.80. The number of amides is 1. The monoisotopic (exact) mass is 205 g/mol. The van der Waals surface area contributed by atoms with Crippen molar-refractivity contribution in [2.75, 3.05) is 19.7 Å². The number of carbonyl (C=O) groups is 1. The maximum Gasteiger partial charge on any atom is 0.316 e. The molecule has 1 aliphatic heterocycles. The van der Waals surface area contributed by atoms with Crippen LogP contribution in [-0.2, 0) is 4.74 Å². The Bertz CT molecular complexity index is 175. The van der Waals surface area contributed by atoms with Crippen molar-refractivity contribution < 1.29 is 9.53 Å². The zero-order chi connectivity index (χ0) is 9.68.